The summed E-state index contributed by atoms with van der Waals surface area (Å²) in [5.41, 5.74) is 3.58. The van der Waals surface area contributed by atoms with Gasteiger partial charge in [-0.2, -0.15) is 10.2 Å². The van der Waals surface area contributed by atoms with Gasteiger partial charge in [-0.3, -0.25) is 4.79 Å². The molecule has 2 aliphatic rings. The van der Waals surface area contributed by atoms with Crippen molar-refractivity contribution in [3.05, 3.63) is 65.5 Å². The van der Waals surface area contributed by atoms with Crippen molar-refractivity contribution in [2.75, 3.05) is 50.8 Å². The molecule has 9 nitrogen and oxygen atoms in total. The van der Waals surface area contributed by atoms with E-state index in [0.717, 1.165) is 43.1 Å². The molecule has 3 aromatic rings. The number of nitrogens with zero attached hydrogens (tertiary/aromatic N) is 5. The Labute approximate surface area is 215 Å². The minimum Gasteiger partial charge on any atom is -0.481 e. The number of aromatic nitrogens is 2. The quantitative estimate of drug-likeness (QED) is 0.494. The number of likely N-dealkylation sites (tertiary alicyclic amines) is 1. The zero-order chi connectivity index (χ0) is 25.8. The highest BCUT2D eigenvalue weighted by atomic mass is 16.5. The number of benzene rings is 2. The fourth-order valence-corrected chi connectivity index (χ4v) is 4.71. The molecule has 0 radical (unpaired) electrons. The van der Waals surface area contributed by atoms with Crippen LogP contribution in [-0.4, -0.2) is 71.9 Å². The Morgan fingerprint density at radius 3 is 2.59 bits per heavy atom. The Morgan fingerprint density at radius 2 is 1.89 bits per heavy atom. The second-order valence-corrected chi connectivity index (χ2v) is 9.36. The average molecular weight is 500 g/mol. The normalized spacial score (nSPS) is 16.2. The van der Waals surface area contributed by atoms with Gasteiger partial charge in [-0.25, -0.2) is 4.98 Å². The molecule has 0 bridgehead atoms. The molecule has 2 saturated heterocycles. The molecule has 0 aliphatic carbocycles. The number of ether oxygens (including phenoxy) is 2. The number of carbonyl (C=O) groups is 1. The molecule has 0 unspecified atom stereocenters. The van der Waals surface area contributed by atoms with E-state index in [1.807, 2.05) is 19.1 Å². The molecular weight excluding hydrogens is 470 g/mol. The molecule has 0 saturated carbocycles. The van der Waals surface area contributed by atoms with Gasteiger partial charge < -0.3 is 24.4 Å². The Kier molecular flexibility index (Phi) is 7.30. The zero-order valence-corrected chi connectivity index (χ0v) is 20.8. The van der Waals surface area contributed by atoms with Crippen LogP contribution >= 0.6 is 0 Å². The van der Waals surface area contributed by atoms with Crippen LogP contribution in [-0.2, 0) is 9.53 Å². The van der Waals surface area contributed by atoms with Gasteiger partial charge in [-0.15, -0.1) is 0 Å². The van der Waals surface area contributed by atoms with E-state index in [9.17, 15) is 10.1 Å². The van der Waals surface area contributed by atoms with Crippen LogP contribution in [0.2, 0.25) is 0 Å². The van der Waals surface area contributed by atoms with Crippen molar-refractivity contribution in [1.29, 1.82) is 5.26 Å². The lowest BCUT2D eigenvalue weighted by molar-refractivity contribution is -0.137. The number of morpholine rings is 1. The van der Waals surface area contributed by atoms with Gasteiger partial charge in [0.05, 0.1) is 31.3 Å². The standard InChI is InChI=1S/C28H29N5O4/c1-19-30-26(33-10-12-36-13-11-33)15-27(31-19)37-25-14-20(16-29)2-7-24(25)22-5-3-21(4-6-22)23-17-32(18-23)9-8-28(34)35/h2-7,14-15,23H,8-13,17-18H2,1H3,(H,34,35). The Balaban J connectivity index is 1.35. The van der Waals surface area contributed by atoms with Crippen molar-refractivity contribution in [3.8, 4) is 28.8 Å². The molecule has 5 rings (SSSR count). The lowest BCUT2D eigenvalue weighted by Gasteiger charge is -2.39. The highest BCUT2D eigenvalue weighted by Crippen LogP contribution is 2.36. The number of anilines is 1. The van der Waals surface area contributed by atoms with Crippen molar-refractivity contribution < 1.29 is 19.4 Å². The number of carboxylic acids is 1. The molecule has 0 amide bonds. The van der Waals surface area contributed by atoms with E-state index in [1.165, 1.54) is 5.56 Å². The molecule has 1 aromatic heterocycles. The van der Waals surface area contributed by atoms with Gasteiger partial charge in [-0.05, 0) is 36.2 Å². The summed E-state index contributed by atoms with van der Waals surface area (Å²) in [7, 11) is 0. The van der Waals surface area contributed by atoms with E-state index in [-0.39, 0.29) is 6.42 Å². The summed E-state index contributed by atoms with van der Waals surface area (Å²) in [6.07, 6.45) is 0.174. The minimum atomic E-state index is -0.761. The predicted octanol–water partition coefficient (Wildman–Crippen LogP) is 3.83. The van der Waals surface area contributed by atoms with Gasteiger partial charge in [-0.1, -0.05) is 24.3 Å². The number of hydrogen-bond acceptors (Lipinski definition) is 8. The van der Waals surface area contributed by atoms with E-state index in [2.05, 4.69) is 50.1 Å². The lowest BCUT2D eigenvalue weighted by atomic mass is 9.90. The van der Waals surface area contributed by atoms with Crippen LogP contribution in [0.4, 0.5) is 5.82 Å². The van der Waals surface area contributed by atoms with Crippen LogP contribution < -0.4 is 9.64 Å². The summed E-state index contributed by atoms with van der Waals surface area (Å²) in [5.74, 6) is 2.04. The number of nitriles is 1. The van der Waals surface area contributed by atoms with E-state index < -0.39 is 5.97 Å². The van der Waals surface area contributed by atoms with Crippen LogP contribution in [0.5, 0.6) is 11.6 Å². The SMILES string of the molecule is Cc1nc(Oc2cc(C#N)ccc2-c2ccc(C3CN(CCC(=O)O)C3)cc2)cc(N2CCOCC2)n1. The van der Waals surface area contributed by atoms with Gasteiger partial charge in [0.25, 0.3) is 0 Å². The first-order valence-corrected chi connectivity index (χ1v) is 12.4. The summed E-state index contributed by atoms with van der Waals surface area (Å²) in [5, 5.41) is 18.4. The summed E-state index contributed by atoms with van der Waals surface area (Å²) >= 11 is 0. The fourth-order valence-electron chi connectivity index (χ4n) is 4.71. The summed E-state index contributed by atoms with van der Waals surface area (Å²) in [6, 6.07) is 17.8. The van der Waals surface area contributed by atoms with Crippen LogP contribution in [0.1, 0.15) is 29.3 Å². The number of aliphatic carboxylic acids is 1. The largest absolute Gasteiger partial charge is 0.481 e. The molecule has 2 aliphatic heterocycles. The van der Waals surface area contributed by atoms with Gasteiger partial charge >= 0.3 is 5.97 Å². The van der Waals surface area contributed by atoms with Crippen molar-refractivity contribution >= 4 is 11.8 Å². The molecule has 9 heteroatoms. The topological polar surface area (TPSA) is 112 Å². The second kappa shape index (κ2) is 10.9. The minimum absolute atomic E-state index is 0.174. The van der Waals surface area contributed by atoms with Gasteiger partial charge in [0.1, 0.15) is 17.4 Å². The van der Waals surface area contributed by atoms with Crippen molar-refractivity contribution in [1.82, 2.24) is 14.9 Å². The third-order valence-electron chi connectivity index (χ3n) is 6.75. The van der Waals surface area contributed by atoms with Gasteiger partial charge in [0.2, 0.25) is 5.88 Å². The molecule has 37 heavy (non-hydrogen) atoms. The van der Waals surface area contributed by atoms with Crippen molar-refractivity contribution in [3.63, 3.8) is 0 Å². The van der Waals surface area contributed by atoms with Gasteiger partial charge in [0, 0.05) is 50.3 Å². The van der Waals surface area contributed by atoms with Crippen molar-refractivity contribution in [2.24, 2.45) is 0 Å². The maximum absolute atomic E-state index is 10.8. The number of rotatable bonds is 8. The van der Waals surface area contributed by atoms with Crippen LogP contribution in [0.3, 0.4) is 0 Å². The van der Waals surface area contributed by atoms with Crippen molar-refractivity contribution in [2.45, 2.75) is 19.3 Å². The van der Waals surface area contributed by atoms with E-state index >= 15 is 0 Å². The molecule has 0 spiro atoms. The Hall–Kier alpha value is -4.00. The zero-order valence-electron chi connectivity index (χ0n) is 20.8. The highest BCUT2D eigenvalue weighted by molar-refractivity contribution is 5.72. The second-order valence-electron chi connectivity index (χ2n) is 9.36. The number of carboxylic acid groups (broad SMARTS) is 1. The van der Waals surface area contributed by atoms with Crippen LogP contribution in [0, 0.1) is 18.3 Å². The van der Waals surface area contributed by atoms with Crippen LogP contribution in [0.15, 0.2) is 48.5 Å². The Morgan fingerprint density at radius 1 is 1.14 bits per heavy atom. The summed E-state index contributed by atoms with van der Waals surface area (Å²) in [4.78, 5) is 24.2. The third-order valence-corrected chi connectivity index (χ3v) is 6.75. The molecule has 190 valence electrons. The molecular formula is C28H29N5O4. The number of hydrogen-bond donors (Lipinski definition) is 1. The smallest absolute Gasteiger partial charge is 0.304 e. The van der Waals surface area contributed by atoms with Gasteiger partial charge in [0.15, 0.2) is 0 Å². The fraction of sp³-hybridized carbons (Fsp3) is 0.357. The van der Waals surface area contributed by atoms with E-state index in [4.69, 9.17) is 14.6 Å². The first-order valence-electron chi connectivity index (χ1n) is 12.4. The highest BCUT2D eigenvalue weighted by Gasteiger charge is 2.28. The molecule has 2 fully saturated rings. The first kappa shape index (κ1) is 24.7. The third kappa shape index (κ3) is 5.88. The molecule has 0 atom stereocenters. The first-order chi connectivity index (χ1) is 18.0. The monoisotopic (exact) mass is 499 g/mol. The summed E-state index contributed by atoms with van der Waals surface area (Å²) in [6.45, 7) is 7.00. The summed E-state index contributed by atoms with van der Waals surface area (Å²) < 4.78 is 11.7. The maximum atomic E-state index is 10.8. The predicted molar refractivity (Wildman–Crippen MR) is 138 cm³/mol. The Bertz CT molecular complexity index is 1310. The molecule has 2 aromatic carbocycles. The number of aryl methyl sites for hydroxylation is 1. The van der Waals surface area contributed by atoms with E-state index in [0.29, 0.717) is 48.7 Å². The molecule has 1 N–H and O–H groups in total. The maximum Gasteiger partial charge on any atom is 0.304 e. The van der Waals surface area contributed by atoms with Crippen LogP contribution in [0.25, 0.3) is 11.1 Å². The lowest BCUT2D eigenvalue weighted by Crippen LogP contribution is -2.45. The molecule has 3 heterocycles. The van der Waals surface area contributed by atoms with E-state index in [1.54, 1.807) is 12.1 Å². The average Bonchev–Trinajstić information content (AvgIpc) is 2.88.